The molecule has 0 atom stereocenters. The van der Waals surface area contributed by atoms with Crippen LogP contribution in [-0.4, -0.2) is 18.6 Å². The Morgan fingerprint density at radius 1 is 1.08 bits per heavy atom. The molecule has 0 unspecified atom stereocenters. The van der Waals surface area contributed by atoms with Gasteiger partial charge in [-0.3, -0.25) is 0 Å². The minimum Gasteiger partial charge on any atom is -0.324 e. The normalized spacial score (nSPS) is 29.1. The lowest BCUT2D eigenvalue weighted by Gasteiger charge is -2.42. The SMILES string of the molecule is CC1(CNCC2(N)CCC2)CCC1. The first-order valence-electron chi connectivity index (χ1n) is 5.62. The first-order valence-corrected chi connectivity index (χ1v) is 5.62. The van der Waals surface area contributed by atoms with Crippen molar-refractivity contribution in [3.05, 3.63) is 0 Å². The summed E-state index contributed by atoms with van der Waals surface area (Å²) in [5.41, 5.74) is 6.88. The van der Waals surface area contributed by atoms with Crippen LogP contribution in [0.2, 0.25) is 0 Å². The fourth-order valence-electron chi connectivity index (χ4n) is 2.38. The Balaban J connectivity index is 1.63. The largest absolute Gasteiger partial charge is 0.324 e. The lowest BCUT2D eigenvalue weighted by Crippen LogP contribution is -2.55. The minimum absolute atomic E-state index is 0.153. The standard InChI is InChI=1S/C11H22N2/c1-10(4-2-5-10)8-13-9-11(12)6-3-7-11/h13H,2-9,12H2,1H3. The predicted octanol–water partition coefficient (Wildman–Crippen LogP) is 1.65. The minimum atomic E-state index is 0.153. The number of nitrogens with one attached hydrogen (secondary N) is 1. The molecule has 76 valence electrons. The molecule has 2 saturated carbocycles. The molecule has 2 aliphatic rings. The van der Waals surface area contributed by atoms with Gasteiger partial charge in [0.1, 0.15) is 0 Å². The molecule has 0 bridgehead atoms. The quantitative estimate of drug-likeness (QED) is 0.694. The van der Waals surface area contributed by atoms with Gasteiger partial charge in [0.2, 0.25) is 0 Å². The van der Waals surface area contributed by atoms with Crippen LogP contribution in [0.15, 0.2) is 0 Å². The average Bonchev–Trinajstić information content (AvgIpc) is 1.98. The monoisotopic (exact) mass is 182 g/mol. The van der Waals surface area contributed by atoms with E-state index in [1.165, 1.54) is 45.1 Å². The average molecular weight is 182 g/mol. The van der Waals surface area contributed by atoms with Gasteiger partial charge in [0.15, 0.2) is 0 Å². The highest BCUT2D eigenvalue weighted by molar-refractivity contribution is 4.95. The van der Waals surface area contributed by atoms with Crippen LogP contribution in [0, 0.1) is 5.41 Å². The Morgan fingerprint density at radius 2 is 1.69 bits per heavy atom. The maximum absolute atomic E-state index is 6.13. The molecule has 0 radical (unpaired) electrons. The van der Waals surface area contributed by atoms with Crippen LogP contribution in [0.5, 0.6) is 0 Å². The molecule has 0 aliphatic heterocycles. The predicted molar refractivity (Wildman–Crippen MR) is 55.6 cm³/mol. The maximum Gasteiger partial charge on any atom is 0.0280 e. The van der Waals surface area contributed by atoms with Crippen molar-refractivity contribution in [1.29, 1.82) is 0 Å². The van der Waals surface area contributed by atoms with E-state index in [9.17, 15) is 0 Å². The van der Waals surface area contributed by atoms with Crippen molar-refractivity contribution in [3.63, 3.8) is 0 Å². The van der Waals surface area contributed by atoms with Gasteiger partial charge in [0.25, 0.3) is 0 Å². The third-order valence-corrected chi connectivity index (χ3v) is 3.94. The highest BCUT2D eigenvalue weighted by atomic mass is 15.0. The highest BCUT2D eigenvalue weighted by Crippen LogP contribution is 2.39. The molecule has 0 spiro atoms. The molecule has 2 heteroatoms. The van der Waals surface area contributed by atoms with E-state index in [1.807, 2.05) is 0 Å². The van der Waals surface area contributed by atoms with Crippen molar-refractivity contribution in [2.45, 2.75) is 51.0 Å². The second kappa shape index (κ2) is 3.25. The molecule has 2 fully saturated rings. The van der Waals surface area contributed by atoms with Crippen molar-refractivity contribution < 1.29 is 0 Å². The second-order valence-corrected chi connectivity index (χ2v) is 5.48. The van der Waals surface area contributed by atoms with E-state index in [4.69, 9.17) is 5.73 Å². The Morgan fingerprint density at radius 3 is 2.08 bits per heavy atom. The Kier molecular flexibility index (Phi) is 2.37. The molecule has 3 N–H and O–H groups in total. The van der Waals surface area contributed by atoms with Gasteiger partial charge in [-0.1, -0.05) is 13.3 Å². The van der Waals surface area contributed by atoms with Crippen molar-refractivity contribution in [3.8, 4) is 0 Å². The maximum atomic E-state index is 6.13. The first-order chi connectivity index (χ1) is 6.12. The third-order valence-electron chi connectivity index (χ3n) is 3.94. The molecule has 0 aromatic heterocycles. The number of hydrogen-bond acceptors (Lipinski definition) is 2. The van der Waals surface area contributed by atoms with Crippen LogP contribution < -0.4 is 11.1 Å². The van der Waals surface area contributed by atoms with Gasteiger partial charge in [-0.15, -0.1) is 0 Å². The lowest BCUT2D eigenvalue weighted by atomic mass is 9.70. The zero-order chi connectivity index (χ0) is 9.36. The topological polar surface area (TPSA) is 38.0 Å². The van der Waals surface area contributed by atoms with Gasteiger partial charge >= 0.3 is 0 Å². The summed E-state index contributed by atoms with van der Waals surface area (Å²) in [6, 6.07) is 0. The van der Waals surface area contributed by atoms with E-state index >= 15 is 0 Å². The molecular weight excluding hydrogens is 160 g/mol. The highest BCUT2D eigenvalue weighted by Gasteiger charge is 2.34. The fraction of sp³-hybridized carbons (Fsp3) is 1.00. The molecule has 0 saturated heterocycles. The number of hydrogen-bond donors (Lipinski definition) is 2. The van der Waals surface area contributed by atoms with Gasteiger partial charge < -0.3 is 11.1 Å². The van der Waals surface area contributed by atoms with Crippen LogP contribution in [-0.2, 0) is 0 Å². The molecule has 2 nitrogen and oxygen atoms in total. The summed E-state index contributed by atoms with van der Waals surface area (Å²) in [7, 11) is 0. The van der Waals surface area contributed by atoms with Crippen molar-refractivity contribution in [1.82, 2.24) is 5.32 Å². The van der Waals surface area contributed by atoms with Crippen LogP contribution in [0.1, 0.15) is 45.4 Å². The van der Waals surface area contributed by atoms with Gasteiger partial charge in [0, 0.05) is 18.6 Å². The number of nitrogens with two attached hydrogens (primary N) is 1. The van der Waals surface area contributed by atoms with Crippen LogP contribution in [0.25, 0.3) is 0 Å². The van der Waals surface area contributed by atoms with Gasteiger partial charge in [-0.05, 0) is 37.5 Å². The summed E-state index contributed by atoms with van der Waals surface area (Å²) < 4.78 is 0. The van der Waals surface area contributed by atoms with Crippen LogP contribution in [0.4, 0.5) is 0 Å². The van der Waals surface area contributed by atoms with E-state index in [2.05, 4.69) is 12.2 Å². The Bertz CT molecular complexity index is 161. The third kappa shape index (κ3) is 2.05. The van der Waals surface area contributed by atoms with E-state index < -0.39 is 0 Å². The molecular formula is C11H22N2. The summed E-state index contributed by atoms with van der Waals surface area (Å²) in [5.74, 6) is 0. The second-order valence-electron chi connectivity index (χ2n) is 5.48. The smallest absolute Gasteiger partial charge is 0.0280 e. The molecule has 0 amide bonds. The molecule has 0 aromatic rings. The van der Waals surface area contributed by atoms with E-state index in [0.717, 1.165) is 6.54 Å². The van der Waals surface area contributed by atoms with E-state index in [0.29, 0.717) is 5.41 Å². The summed E-state index contributed by atoms with van der Waals surface area (Å²) in [6.07, 6.45) is 7.99. The fourth-order valence-corrected chi connectivity index (χ4v) is 2.38. The van der Waals surface area contributed by atoms with Crippen LogP contribution >= 0.6 is 0 Å². The molecule has 2 rings (SSSR count). The zero-order valence-electron chi connectivity index (χ0n) is 8.73. The summed E-state index contributed by atoms with van der Waals surface area (Å²) in [4.78, 5) is 0. The van der Waals surface area contributed by atoms with Gasteiger partial charge in [0.05, 0.1) is 0 Å². The Hall–Kier alpha value is -0.0800. The van der Waals surface area contributed by atoms with Crippen molar-refractivity contribution >= 4 is 0 Å². The van der Waals surface area contributed by atoms with Gasteiger partial charge in [-0.25, -0.2) is 0 Å². The molecule has 13 heavy (non-hydrogen) atoms. The number of rotatable bonds is 4. The molecule has 2 aliphatic carbocycles. The van der Waals surface area contributed by atoms with E-state index in [1.54, 1.807) is 0 Å². The summed E-state index contributed by atoms with van der Waals surface area (Å²) in [5, 5.41) is 3.55. The van der Waals surface area contributed by atoms with Crippen molar-refractivity contribution in [2.75, 3.05) is 13.1 Å². The van der Waals surface area contributed by atoms with Crippen LogP contribution in [0.3, 0.4) is 0 Å². The lowest BCUT2D eigenvalue weighted by molar-refractivity contribution is 0.144. The molecule has 0 aromatic carbocycles. The summed E-state index contributed by atoms with van der Waals surface area (Å²) >= 11 is 0. The molecule has 0 heterocycles. The van der Waals surface area contributed by atoms with Gasteiger partial charge in [-0.2, -0.15) is 0 Å². The van der Waals surface area contributed by atoms with Crippen molar-refractivity contribution in [2.24, 2.45) is 11.1 Å². The van der Waals surface area contributed by atoms with E-state index in [-0.39, 0.29) is 5.54 Å². The first kappa shape index (κ1) is 9.47. The Labute approximate surface area is 81.3 Å². The zero-order valence-corrected chi connectivity index (χ0v) is 8.73. The summed E-state index contributed by atoms with van der Waals surface area (Å²) in [6.45, 7) is 4.59.